The van der Waals surface area contributed by atoms with Crippen LogP contribution in [-0.2, 0) is 9.53 Å². The fourth-order valence-corrected chi connectivity index (χ4v) is 3.37. The summed E-state index contributed by atoms with van der Waals surface area (Å²) < 4.78 is 17.2. The van der Waals surface area contributed by atoms with Crippen LogP contribution in [0.3, 0.4) is 0 Å². The number of hydrogen-bond donors (Lipinski definition) is 1. The molecular weight excluding hydrogens is 428 g/mol. The Bertz CT molecular complexity index is 910. The van der Waals surface area contributed by atoms with Gasteiger partial charge in [0, 0.05) is 6.07 Å². The highest BCUT2D eigenvalue weighted by atomic mass is 28.4. The first-order chi connectivity index (χ1) is 14.1. The molecule has 7 nitrogen and oxygen atoms in total. The van der Waals surface area contributed by atoms with Crippen LogP contribution in [0.15, 0.2) is 6.07 Å². The van der Waals surface area contributed by atoms with Gasteiger partial charge in [-0.3, -0.25) is 9.59 Å². The number of esters is 2. The highest BCUT2D eigenvalue weighted by Crippen LogP contribution is 2.44. The van der Waals surface area contributed by atoms with E-state index in [2.05, 4.69) is 0 Å². The van der Waals surface area contributed by atoms with Gasteiger partial charge >= 0.3 is 11.9 Å². The summed E-state index contributed by atoms with van der Waals surface area (Å²) in [5.74, 6) is -2.87. The van der Waals surface area contributed by atoms with E-state index in [0.717, 1.165) is 0 Å². The van der Waals surface area contributed by atoms with E-state index in [1.807, 2.05) is 33.9 Å². The minimum atomic E-state index is -2.45. The van der Waals surface area contributed by atoms with E-state index in [9.17, 15) is 19.5 Å². The minimum Gasteiger partial charge on any atom is -0.543 e. The number of ketones is 1. The average molecular weight is 467 g/mol. The van der Waals surface area contributed by atoms with Gasteiger partial charge in [-0.2, -0.15) is 0 Å². The third kappa shape index (κ3) is 6.57. The summed E-state index contributed by atoms with van der Waals surface area (Å²) in [5.41, 5.74) is -2.20. The van der Waals surface area contributed by atoms with E-state index >= 15 is 0 Å². The lowest BCUT2D eigenvalue weighted by atomic mass is 9.97. The van der Waals surface area contributed by atoms with Gasteiger partial charge in [0.1, 0.15) is 16.9 Å². The third-order valence-corrected chi connectivity index (χ3v) is 9.50. The highest BCUT2D eigenvalue weighted by molar-refractivity contribution is 6.74. The SMILES string of the molecule is CC(=O)c1c(O[Si](C)(C)C(C)(C)C)cc(O)c(OC(=O)C(C)(C)C)c1C(=O)OC(C)(C)C. The Balaban J connectivity index is 3.90. The van der Waals surface area contributed by atoms with Gasteiger partial charge in [0.05, 0.1) is 11.0 Å². The van der Waals surface area contributed by atoms with Gasteiger partial charge in [-0.25, -0.2) is 4.79 Å². The fraction of sp³-hybridized carbons (Fsp3) is 0.625. The van der Waals surface area contributed by atoms with Crippen molar-refractivity contribution in [1.29, 1.82) is 0 Å². The molecule has 0 bridgehead atoms. The Morgan fingerprint density at radius 2 is 1.41 bits per heavy atom. The van der Waals surface area contributed by atoms with E-state index < -0.39 is 48.6 Å². The van der Waals surface area contributed by atoms with Crippen LogP contribution in [0.1, 0.15) is 90.0 Å². The van der Waals surface area contributed by atoms with Crippen LogP contribution in [-0.4, -0.2) is 36.7 Å². The standard InChI is InChI=1S/C24H38O7Si/c1-14(25)17-16(31-32(11,12)24(8,9)10)13-15(26)19(29-21(28)22(2,3)4)18(17)20(27)30-23(5,6)7/h13,26H,1-12H3. The lowest BCUT2D eigenvalue weighted by molar-refractivity contribution is -0.143. The Morgan fingerprint density at radius 1 is 0.906 bits per heavy atom. The molecule has 8 heteroatoms. The molecule has 0 spiro atoms. The van der Waals surface area contributed by atoms with Gasteiger partial charge in [0.2, 0.25) is 0 Å². The molecule has 0 unspecified atom stereocenters. The van der Waals surface area contributed by atoms with Crippen molar-refractivity contribution in [3.8, 4) is 17.2 Å². The molecule has 180 valence electrons. The van der Waals surface area contributed by atoms with Crippen LogP contribution in [0, 0.1) is 5.41 Å². The lowest BCUT2D eigenvalue weighted by Gasteiger charge is -2.37. The van der Waals surface area contributed by atoms with Crippen molar-refractivity contribution in [2.24, 2.45) is 5.41 Å². The van der Waals surface area contributed by atoms with Crippen LogP contribution in [0.25, 0.3) is 0 Å². The first-order valence-electron chi connectivity index (χ1n) is 10.6. The number of aromatic hydroxyl groups is 1. The molecule has 1 N–H and O–H groups in total. The zero-order chi connectivity index (χ0) is 25.4. The van der Waals surface area contributed by atoms with Crippen molar-refractivity contribution >= 4 is 26.0 Å². The molecule has 0 aliphatic heterocycles. The van der Waals surface area contributed by atoms with Crippen molar-refractivity contribution in [3.63, 3.8) is 0 Å². The zero-order valence-electron chi connectivity index (χ0n) is 21.5. The molecule has 0 aliphatic rings. The number of benzene rings is 1. The molecule has 0 radical (unpaired) electrons. The molecule has 0 aliphatic carbocycles. The van der Waals surface area contributed by atoms with Crippen molar-refractivity contribution in [2.45, 2.75) is 93.0 Å². The smallest absolute Gasteiger partial charge is 0.343 e. The topological polar surface area (TPSA) is 99.1 Å². The van der Waals surface area contributed by atoms with Crippen LogP contribution in [0.4, 0.5) is 0 Å². The molecule has 0 aromatic heterocycles. The number of hydrogen-bond acceptors (Lipinski definition) is 7. The van der Waals surface area contributed by atoms with Crippen LogP contribution in [0.2, 0.25) is 18.1 Å². The second-order valence-corrected chi connectivity index (χ2v) is 16.3. The Morgan fingerprint density at radius 3 is 1.78 bits per heavy atom. The van der Waals surface area contributed by atoms with Crippen molar-refractivity contribution in [3.05, 3.63) is 17.2 Å². The van der Waals surface area contributed by atoms with Crippen molar-refractivity contribution < 1.29 is 33.4 Å². The van der Waals surface area contributed by atoms with Gasteiger partial charge in [0.15, 0.2) is 17.3 Å². The second-order valence-electron chi connectivity index (χ2n) is 11.5. The molecule has 1 aromatic rings. The summed E-state index contributed by atoms with van der Waals surface area (Å²) in [7, 11) is -2.45. The largest absolute Gasteiger partial charge is 0.543 e. The maximum absolute atomic E-state index is 13.2. The van der Waals surface area contributed by atoms with E-state index in [1.54, 1.807) is 41.5 Å². The van der Waals surface area contributed by atoms with Gasteiger partial charge < -0.3 is 19.0 Å². The highest BCUT2D eigenvalue weighted by Gasteiger charge is 2.41. The summed E-state index contributed by atoms with van der Waals surface area (Å²) in [6.45, 7) is 21.3. The average Bonchev–Trinajstić information content (AvgIpc) is 2.52. The summed E-state index contributed by atoms with van der Waals surface area (Å²) in [4.78, 5) is 38.5. The van der Waals surface area contributed by atoms with Crippen molar-refractivity contribution in [2.75, 3.05) is 0 Å². The second kappa shape index (κ2) is 8.88. The maximum atomic E-state index is 13.2. The molecule has 1 aromatic carbocycles. The van der Waals surface area contributed by atoms with Crippen LogP contribution < -0.4 is 9.16 Å². The quantitative estimate of drug-likeness (QED) is 0.250. The van der Waals surface area contributed by atoms with E-state index in [-0.39, 0.29) is 21.9 Å². The normalized spacial score (nSPS) is 12.9. The van der Waals surface area contributed by atoms with E-state index in [0.29, 0.717) is 0 Å². The predicted molar refractivity (Wildman–Crippen MR) is 126 cm³/mol. The zero-order valence-corrected chi connectivity index (χ0v) is 22.5. The monoisotopic (exact) mass is 466 g/mol. The van der Waals surface area contributed by atoms with Crippen LogP contribution in [0.5, 0.6) is 17.2 Å². The number of ether oxygens (including phenoxy) is 2. The number of phenols is 1. The Kier molecular flexibility index (Phi) is 7.68. The fourth-order valence-electron chi connectivity index (χ4n) is 2.36. The molecule has 0 atom stereocenters. The van der Waals surface area contributed by atoms with Gasteiger partial charge in [-0.1, -0.05) is 20.8 Å². The predicted octanol–water partition coefficient (Wildman–Crippen LogP) is 5.89. The van der Waals surface area contributed by atoms with Gasteiger partial charge in [-0.05, 0) is 66.6 Å². The third-order valence-electron chi connectivity index (χ3n) is 5.16. The molecule has 0 fully saturated rings. The molecule has 0 saturated carbocycles. The number of carbonyl (C=O) groups is 3. The van der Waals surface area contributed by atoms with Gasteiger partial charge in [-0.15, -0.1) is 0 Å². The first kappa shape index (κ1) is 27.7. The van der Waals surface area contributed by atoms with Crippen molar-refractivity contribution in [1.82, 2.24) is 0 Å². The number of rotatable bonds is 5. The molecular formula is C24H38O7Si. The minimum absolute atomic E-state index is 0.0676. The molecule has 0 saturated heterocycles. The summed E-state index contributed by atoms with van der Waals surface area (Å²) >= 11 is 0. The maximum Gasteiger partial charge on any atom is 0.343 e. The van der Waals surface area contributed by atoms with Crippen LogP contribution >= 0.6 is 0 Å². The molecule has 0 amide bonds. The van der Waals surface area contributed by atoms with Gasteiger partial charge in [0.25, 0.3) is 8.32 Å². The van der Waals surface area contributed by atoms with E-state index in [4.69, 9.17) is 13.9 Å². The molecule has 1 rings (SSSR count). The number of Topliss-reactive ketones (excluding diaryl/α,β-unsaturated/α-hetero) is 1. The summed E-state index contributed by atoms with van der Waals surface area (Å²) in [6.07, 6.45) is 0. The summed E-state index contributed by atoms with van der Waals surface area (Å²) in [5, 5.41) is 10.6. The molecule has 32 heavy (non-hydrogen) atoms. The Labute approximate surface area is 192 Å². The lowest BCUT2D eigenvalue weighted by Crippen LogP contribution is -2.44. The number of carbonyl (C=O) groups excluding carboxylic acids is 3. The first-order valence-corrected chi connectivity index (χ1v) is 13.5. The number of phenolic OH excluding ortho intramolecular Hbond substituents is 1. The Hall–Kier alpha value is -2.35. The van der Waals surface area contributed by atoms with E-state index in [1.165, 1.54) is 13.0 Å². The summed E-state index contributed by atoms with van der Waals surface area (Å²) in [6, 6.07) is 1.23. The molecule has 0 heterocycles.